The molecule has 1 aliphatic rings. The van der Waals surface area contributed by atoms with Crippen LogP contribution in [0.3, 0.4) is 0 Å². The average Bonchev–Trinajstić information content (AvgIpc) is 2.34. The third kappa shape index (κ3) is 2.31. The van der Waals surface area contributed by atoms with E-state index in [9.17, 15) is 4.79 Å². The van der Waals surface area contributed by atoms with Crippen LogP contribution >= 0.6 is 0 Å². The molecule has 1 fully saturated rings. The summed E-state index contributed by atoms with van der Waals surface area (Å²) in [5, 5.41) is 0. The Hall–Kier alpha value is -0.370. The molecule has 12 heavy (non-hydrogen) atoms. The molecule has 0 amide bonds. The molecule has 1 saturated carbocycles. The Balaban J connectivity index is 2.62. The number of ether oxygens (including phenoxy) is 1. The molecular formula is C10H18O2. The fourth-order valence-corrected chi connectivity index (χ4v) is 1.83. The Labute approximate surface area is 74.3 Å². The van der Waals surface area contributed by atoms with Gasteiger partial charge in [0, 0.05) is 0 Å². The first-order chi connectivity index (χ1) is 5.47. The first kappa shape index (κ1) is 9.72. The van der Waals surface area contributed by atoms with Crippen molar-refractivity contribution < 1.29 is 9.53 Å². The van der Waals surface area contributed by atoms with Crippen LogP contribution in [0, 0.1) is 0 Å². The molecule has 2 nitrogen and oxygen atoms in total. The van der Waals surface area contributed by atoms with Crippen LogP contribution in [0.5, 0.6) is 0 Å². The second-order valence-corrected chi connectivity index (χ2v) is 4.60. The molecule has 0 heterocycles. The molecule has 0 aromatic carbocycles. The van der Waals surface area contributed by atoms with Crippen LogP contribution in [0.1, 0.15) is 46.5 Å². The highest BCUT2D eigenvalue weighted by molar-refractivity contribution is 5.63. The molecule has 0 radical (unpaired) electrons. The lowest BCUT2D eigenvalue weighted by molar-refractivity contribution is -0.151. The molecule has 2 heteroatoms. The number of hydrogen-bond acceptors (Lipinski definition) is 2. The average molecular weight is 170 g/mol. The van der Waals surface area contributed by atoms with E-state index in [0.717, 1.165) is 32.0 Å². The summed E-state index contributed by atoms with van der Waals surface area (Å²) < 4.78 is 5.77. The van der Waals surface area contributed by atoms with Gasteiger partial charge in [0.25, 0.3) is 0 Å². The fraction of sp³-hybridized carbons (Fsp3) is 0.900. The van der Waals surface area contributed by atoms with Crippen molar-refractivity contribution in [1.82, 2.24) is 0 Å². The smallest absolute Gasteiger partial charge is 0.151 e. The van der Waals surface area contributed by atoms with Crippen molar-refractivity contribution in [3.05, 3.63) is 0 Å². The van der Waals surface area contributed by atoms with Gasteiger partial charge in [-0.2, -0.15) is 0 Å². The molecule has 1 rings (SSSR count). The van der Waals surface area contributed by atoms with E-state index in [1.807, 2.05) is 20.8 Å². The summed E-state index contributed by atoms with van der Waals surface area (Å²) in [6, 6.07) is 0. The minimum atomic E-state index is -0.460. The van der Waals surface area contributed by atoms with Crippen molar-refractivity contribution in [3.63, 3.8) is 0 Å². The zero-order valence-electron chi connectivity index (χ0n) is 8.22. The number of carbonyl (C=O) groups excluding carboxylic acids is 1. The van der Waals surface area contributed by atoms with Crippen LogP contribution in [0.25, 0.3) is 0 Å². The summed E-state index contributed by atoms with van der Waals surface area (Å²) in [5.74, 6) is 0. The normalized spacial score (nSPS) is 22.6. The molecule has 0 spiro atoms. The van der Waals surface area contributed by atoms with Crippen LogP contribution < -0.4 is 0 Å². The second kappa shape index (κ2) is 3.17. The lowest BCUT2D eigenvalue weighted by Gasteiger charge is -2.31. The summed E-state index contributed by atoms with van der Waals surface area (Å²) in [5.41, 5.74) is -0.663. The zero-order chi connectivity index (χ0) is 9.24. The van der Waals surface area contributed by atoms with Crippen molar-refractivity contribution in [2.75, 3.05) is 0 Å². The van der Waals surface area contributed by atoms with Crippen LogP contribution in [0.4, 0.5) is 0 Å². The van der Waals surface area contributed by atoms with Gasteiger partial charge in [-0.3, -0.25) is 0 Å². The summed E-state index contributed by atoms with van der Waals surface area (Å²) in [7, 11) is 0. The molecule has 0 unspecified atom stereocenters. The quantitative estimate of drug-likeness (QED) is 0.594. The number of carbonyl (C=O) groups is 1. The van der Waals surface area contributed by atoms with Gasteiger partial charge in [0.2, 0.25) is 0 Å². The summed E-state index contributed by atoms with van der Waals surface area (Å²) in [6.45, 7) is 5.99. The van der Waals surface area contributed by atoms with E-state index >= 15 is 0 Å². The highest BCUT2D eigenvalue weighted by atomic mass is 16.5. The van der Waals surface area contributed by atoms with Gasteiger partial charge in [-0.1, -0.05) is 12.8 Å². The van der Waals surface area contributed by atoms with Gasteiger partial charge < -0.3 is 9.53 Å². The van der Waals surface area contributed by atoms with E-state index < -0.39 is 5.60 Å². The highest BCUT2D eigenvalue weighted by Gasteiger charge is 2.37. The van der Waals surface area contributed by atoms with E-state index in [4.69, 9.17) is 4.74 Å². The maximum absolute atomic E-state index is 10.9. The predicted octanol–water partition coefficient (Wildman–Crippen LogP) is 2.31. The SMILES string of the molecule is CC(C)(C)OC1(C=O)CCCC1. The number of aldehydes is 1. The lowest BCUT2D eigenvalue weighted by Crippen LogP contribution is -2.39. The molecule has 0 aromatic heterocycles. The van der Waals surface area contributed by atoms with Crippen LogP contribution in [0.2, 0.25) is 0 Å². The molecule has 0 aliphatic heterocycles. The van der Waals surface area contributed by atoms with Crippen molar-refractivity contribution in [3.8, 4) is 0 Å². The fourth-order valence-electron chi connectivity index (χ4n) is 1.83. The minimum Gasteiger partial charge on any atom is -0.362 e. The van der Waals surface area contributed by atoms with Gasteiger partial charge in [-0.25, -0.2) is 0 Å². The Morgan fingerprint density at radius 1 is 1.25 bits per heavy atom. The third-order valence-corrected chi connectivity index (χ3v) is 2.17. The van der Waals surface area contributed by atoms with Crippen molar-refractivity contribution in [2.45, 2.75) is 57.7 Å². The minimum absolute atomic E-state index is 0.203. The number of rotatable bonds is 2. The van der Waals surface area contributed by atoms with Gasteiger partial charge in [-0.05, 0) is 33.6 Å². The molecule has 0 N–H and O–H groups in total. The largest absolute Gasteiger partial charge is 0.362 e. The standard InChI is InChI=1S/C10H18O2/c1-9(2,3)12-10(8-11)6-4-5-7-10/h8H,4-7H2,1-3H3. The summed E-state index contributed by atoms with van der Waals surface area (Å²) >= 11 is 0. The van der Waals surface area contributed by atoms with E-state index in [1.54, 1.807) is 0 Å². The number of hydrogen-bond donors (Lipinski definition) is 0. The summed E-state index contributed by atoms with van der Waals surface area (Å²) in [6.07, 6.45) is 5.02. The lowest BCUT2D eigenvalue weighted by atomic mass is 10.0. The molecule has 1 aliphatic carbocycles. The van der Waals surface area contributed by atoms with Gasteiger partial charge in [0.1, 0.15) is 5.60 Å². The second-order valence-electron chi connectivity index (χ2n) is 4.60. The topological polar surface area (TPSA) is 26.3 Å². The van der Waals surface area contributed by atoms with Gasteiger partial charge >= 0.3 is 0 Å². The van der Waals surface area contributed by atoms with Crippen LogP contribution in [0.15, 0.2) is 0 Å². The van der Waals surface area contributed by atoms with Gasteiger partial charge in [0.15, 0.2) is 6.29 Å². The van der Waals surface area contributed by atoms with Gasteiger partial charge in [0.05, 0.1) is 5.60 Å². The molecular weight excluding hydrogens is 152 g/mol. The highest BCUT2D eigenvalue weighted by Crippen LogP contribution is 2.34. The molecule has 0 saturated heterocycles. The Morgan fingerprint density at radius 2 is 1.75 bits per heavy atom. The van der Waals surface area contributed by atoms with Crippen molar-refractivity contribution in [2.24, 2.45) is 0 Å². The predicted molar refractivity (Wildman–Crippen MR) is 48.1 cm³/mol. The van der Waals surface area contributed by atoms with Crippen LogP contribution in [-0.4, -0.2) is 17.5 Å². The molecule has 0 bridgehead atoms. The molecule has 70 valence electrons. The Morgan fingerprint density at radius 3 is 2.08 bits per heavy atom. The van der Waals surface area contributed by atoms with E-state index in [0.29, 0.717) is 0 Å². The maximum atomic E-state index is 10.9. The Bertz CT molecular complexity index is 161. The first-order valence-electron chi connectivity index (χ1n) is 4.64. The Kier molecular flexibility index (Phi) is 2.57. The van der Waals surface area contributed by atoms with E-state index in [-0.39, 0.29) is 5.60 Å². The first-order valence-corrected chi connectivity index (χ1v) is 4.64. The molecule has 0 aromatic rings. The van der Waals surface area contributed by atoms with E-state index in [1.165, 1.54) is 0 Å². The monoisotopic (exact) mass is 170 g/mol. The maximum Gasteiger partial charge on any atom is 0.151 e. The van der Waals surface area contributed by atoms with Crippen molar-refractivity contribution >= 4 is 6.29 Å². The van der Waals surface area contributed by atoms with E-state index in [2.05, 4.69) is 0 Å². The van der Waals surface area contributed by atoms with Crippen LogP contribution in [-0.2, 0) is 9.53 Å². The zero-order valence-corrected chi connectivity index (χ0v) is 8.22. The van der Waals surface area contributed by atoms with Gasteiger partial charge in [-0.15, -0.1) is 0 Å². The summed E-state index contributed by atoms with van der Waals surface area (Å²) in [4.78, 5) is 10.9. The van der Waals surface area contributed by atoms with Crippen molar-refractivity contribution in [1.29, 1.82) is 0 Å². The molecule has 0 atom stereocenters. The third-order valence-electron chi connectivity index (χ3n) is 2.17.